The molecule has 2 heterocycles. The summed E-state index contributed by atoms with van der Waals surface area (Å²) in [7, 11) is 1.93. The van der Waals surface area contributed by atoms with Gasteiger partial charge in [0.1, 0.15) is 11.5 Å². The standard InChI is InChI=1S/C17H20FN3OS/c1-19-9-12-6-7-21(10-12)17(22)15-11-23-16(20-15)8-13-4-2-3-5-14(13)18/h2-5,11-12,19H,6-10H2,1H3/t12-/m0/s1. The SMILES string of the molecule is CNC[C@@H]1CCN(C(=O)c2csc(Cc3ccccc3F)n2)C1. The maximum Gasteiger partial charge on any atom is 0.273 e. The molecule has 1 saturated heterocycles. The molecule has 0 spiro atoms. The number of likely N-dealkylation sites (tertiary alicyclic amines) is 1. The fraction of sp³-hybridized carbons (Fsp3) is 0.412. The van der Waals surface area contributed by atoms with Gasteiger partial charge >= 0.3 is 0 Å². The van der Waals surface area contributed by atoms with Crippen LogP contribution < -0.4 is 5.32 Å². The molecular formula is C17H20FN3OS. The lowest BCUT2D eigenvalue weighted by molar-refractivity contribution is 0.0782. The summed E-state index contributed by atoms with van der Waals surface area (Å²) >= 11 is 1.41. The largest absolute Gasteiger partial charge is 0.337 e. The summed E-state index contributed by atoms with van der Waals surface area (Å²) < 4.78 is 13.7. The van der Waals surface area contributed by atoms with E-state index in [1.807, 2.05) is 18.0 Å². The van der Waals surface area contributed by atoms with Crippen LogP contribution in [0.2, 0.25) is 0 Å². The van der Waals surface area contributed by atoms with Gasteiger partial charge in [0, 0.05) is 24.9 Å². The molecule has 0 radical (unpaired) electrons. The van der Waals surface area contributed by atoms with E-state index in [0.29, 0.717) is 23.6 Å². The number of rotatable bonds is 5. The lowest BCUT2D eigenvalue weighted by Gasteiger charge is -2.15. The number of benzene rings is 1. The number of nitrogens with one attached hydrogen (secondary N) is 1. The van der Waals surface area contributed by atoms with E-state index < -0.39 is 0 Å². The van der Waals surface area contributed by atoms with E-state index >= 15 is 0 Å². The molecule has 0 bridgehead atoms. The summed E-state index contributed by atoms with van der Waals surface area (Å²) in [5.74, 6) is 0.269. The molecule has 1 aliphatic heterocycles. The maximum atomic E-state index is 13.7. The second-order valence-electron chi connectivity index (χ2n) is 5.86. The van der Waals surface area contributed by atoms with Crippen LogP contribution in [0.25, 0.3) is 0 Å². The second-order valence-corrected chi connectivity index (χ2v) is 6.80. The van der Waals surface area contributed by atoms with Gasteiger partial charge in [0.15, 0.2) is 0 Å². The first-order valence-corrected chi connectivity index (χ1v) is 8.67. The Labute approximate surface area is 139 Å². The van der Waals surface area contributed by atoms with Gasteiger partial charge in [0.05, 0.1) is 5.01 Å². The van der Waals surface area contributed by atoms with Gasteiger partial charge in [0.25, 0.3) is 5.91 Å². The van der Waals surface area contributed by atoms with Crippen molar-refractivity contribution in [2.24, 2.45) is 5.92 Å². The molecule has 2 aromatic rings. The highest BCUT2D eigenvalue weighted by molar-refractivity contribution is 7.09. The molecule has 1 N–H and O–H groups in total. The lowest BCUT2D eigenvalue weighted by Crippen LogP contribution is -2.30. The van der Waals surface area contributed by atoms with Crippen LogP contribution in [0, 0.1) is 11.7 Å². The minimum Gasteiger partial charge on any atom is -0.337 e. The first kappa shape index (κ1) is 16.1. The summed E-state index contributed by atoms with van der Waals surface area (Å²) in [6.07, 6.45) is 1.45. The van der Waals surface area contributed by atoms with Crippen LogP contribution in [0.15, 0.2) is 29.6 Å². The fourth-order valence-electron chi connectivity index (χ4n) is 2.93. The molecule has 122 valence electrons. The Morgan fingerprint density at radius 3 is 3.09 bits per heavy atom. The zero-order valence-electron chi connectivity index (χ0n) is 13.1. The number of nitrogens with zero attached hydrogens (tertiary/aromatic N) is 2. The third-order valence-electron chi connectivity index (χ3n) is 4.14. The van der Waals surface area contributed by atoms with E-state index in [1.54, 1.807) is 17.5 Å². The van der Waals surface area contributed by atoms with E-state index in [1.165, 1.54) is 17.4 Å². The third-order valence-corrected chi connectivity index (χ3v) is 4.99. The van der Waals surface area contributed by atoms with Crippen LogP contribution in [-0.4, -0.2) is 42.5 Å². The highest BCUT2D eigenvalue weighted by Gasteiger charge is 2.27. The molecule has 0 aliphatic carbocycles. The Bertz CT molecular complexity index is 688. The Morgan fingerprint density at radius 2 is 2.30 bits per heavy atom. The number of amides is 1. The number of thiazole rings is 1. The Kier molecular flexibility index (Phi) is 5.03. The molecule has 23 heavy (non-hydrogen) atoms. The lowest BCUT2D eigenvalue weighted by atomic mass is 10.1. The number of carbonyl (C=O) groups excluding carboxylic acids is 1. The Morgan fingerprint density at radius 1 is 1.48 bits per heavy atom. The van der Waals surface area contributed by atoms with Gasteiger partial charge in [-0.05, 0) is 37.6 Å². The second kappa shape index (κ2) is 7.19. The van der Waals surface area contributed by atoms with Crippen molar-refractivity contribution in [2.75, 3.05) is 26.7 Å². The number of hydrogen-bond donors (Lipinski definition) is 1. The molecule has 1 amide bonds. The molecule has 1 fully saturated rings. The van der Waals surface area contributed by atoms with E-state index in [-0.39, 0.29) is 11.7 Å². The van der Waals surface area contributed by atoms with Crippen molar-refractivity contribution in [2.45, 2.75) is 12.8 Å². The number of hydrogen-bond acceptors (Lipinski definition) is 4. The van der Waals surface area contributed by atoms with Crippen molar-refractivity contribution in [1.29, 1.82) is 0 Å². The van der Waals surface area contributed by atoms with Crippen LogP contribution in [-0.2, 0) is 6.42 Å². The monoisotopic (exact) mass is 333 g/mol. The average Bonchev–Trinajstić information content (AvgIpc) is 3.19. The first-order valence-electron chi connectivity index (χ1n) is 7.79. The van der Waals surface area contributed by atoms with E-state index in [4.69, 9.17) is 0 Å². The summed E-state index contributed by atoms with van der Waals surface area (Å²) in [4.78, 5) is 18.8. The van der Waals surface area contributed by atoms with Gasteiger partial charge in [-0.25, -0.2) is 9.37 Å². The van der Waals surface area contributed by atoms with Gasteiger partial charge in [-0.1, -0.05) is 18.2 Å². The van der Waals surface area contributed by atoms with Gasteiger partial charge < -0.3 is 10.2 Å². The Hall–Kier alpha value is -1.79. The molecular weight excluding hydrogens is 313 g/mol. The number of halogens is 1. The highest BCUT2D eigenvalue weighted by atomic mass is 32.1. The fourth-order valence-corrected chi connectivity index (χ4v) is 3.72. The molecule has 0 unspecified atom stereocenters. The van der Waals surface area contributed by atoms with Crippen molar-refractivity contribution < 1.29 is 9.18 Å². The van der Waals surface area contributed by atoms with Crippen LogP contribution >= 0.6 is 11.3 Å². The summed E-state index contributed by atoms with van der Waals surface area (Å²) in [6, 6.07) is 6.68. The molecule has 4 nitrogen and oxygen atoms in total. The van der Waals surface area contributed by atoms with Gasteiger partial charge in [0.2, 0.25) is 0 Å². The average molecular weight is 333 g/mol. The van der Waals surface area contributed by atoms with E-state index in [0.717, 1.165) is 31.1 Å². The molecule has 6 heteroatoms. The molecule has 1 aromatic heterocycles. The minimum atomic E-state index is -0.231. The zero-order valence-corrected chi connectivity index (χ0v) is 13.9. The van der Waals surface area contributed by atoms with Gasteiger partial charge in [-0.3, -0.25) is 4.79 Å². The molecule has 1 aromatic carbocycles. The van der Waals surface area contributed by atoms with Crippen molar-refractivity contribution >= 4 is 17.2 Å². The molecule has 1 atom stereocenters. The minimum absolute atomic E-state index is 0.0142. The van der Waals surface area contributed by atoms with Gasteiger partial charge in [-0.2, -0.15) is 0 Å². The van der Waals surface area contributed by atoms with Crippen molar-refractivity contribution in [3.05, 3.63) is 51.7 Å². The van der Waals surface area contributed by atoms with Crippen molar-refractivity contribution in [3.8, 4) is 0 Å². The van der Waals surface area contributed by atoms with Crippen LogP contribution in [0.4, 0.5) is 4.39 Å². The Balaban J connectivity index is 1.65. The quantitative estimate of drug-likeness (QED) is 0.915. The molecule has 0 saturated carbocycles. The smallest absolute Gasteiger partial charge is 0.273 e. The highest BCUT2D eigenvalue weighted by Crippen LogP contribution is 2.21. The maximum absolute atomic E-state index is 13.7. The first-order chi connectivity index (χ1) is 11.2. The normalized spacial score (nSPS) is 17.7. The summed E-state index contributed by atoms with van der Waals surface area (Å²) in [6.45, 7) is 2.49. The van der Waals surface area contributed by atoms with Crippen LogP contribution in [0.1, 0.15) is 27.5 Å². The zero-order chi connectivity index (χ0) is 16.2. The predicted octanol–water partition coefficient (Wildman–Crippen LogP) is 2.55. The van der Waals surface area contributed by atoms with Crippen molar-refractivity contribution in [1.82, 2.24) is 15.2 Å². The van der Waals surface area contributed by atoms with Crippen LogP contribution in [0.3, 0.4) is 0 Å². The molecule has 3 rings (SSSR count). The number of aromatic nitrogens is 1. The topological polar surface area (TPSA) is 45.2 Å². The van der Waals surface area contributed by atoms with Crippen LogP contribution in [0.5, 0.6) is 0 Å². The summed E-state index contributed by atoms with van der Waals surface area (Å²) in [5, 5.41) is 5.71. The van der Waals surface area contributed by atoms with Gasteiger partial charge in [-0.15, -0.1) is 11.3 Å². The summed E-state index contributed by atoms with van der Waals surface area (Å²) in [5.41, 5.74) is 1.09. The third kappa shape index (κ3) is 3.76. The predicted molar refractivity (Wildman–Crippen MR) is 89.3 cm³/mol. The molecule has 1 aliphatic rings. The van der Waals surface area contributed by atoms with E-state index in [2.05, 4.69) is 10.3 Å². The van der Waals surface area contributed by atoms with E-state index in [9.17, 15) is 9.18 Å². The number of carbonyl (C=O) groups is 1. The van der Waals surface area contributed by atoms with Crippen molar-refractivity contribution in [3.63, 3.8) is 0 Å².